The quantitative estimate of drug-likeness (QED) is 0.170. The van der Waals surface area contributed by atoms with Gasteiger partial charge in [0.15, 0.2) is 5.82 Å². The van der Waals surface area contributed by atoms with E-state index in [0.29, 0.717) is 0 Å². The molecule has 0 bridgehead atoms. The number of thiophene rings is 1. The summed E-state index contributed by atoms with van der Waals surface area (Å²) in [7, 11) is 0. The Hall–Kier alpha value is -7.14. The number of allylic oxidation sites excluding steroid dienone is 6. The molecule has 7 aromatic carbocycles. The average Bonchev–Trinajstić information content (AvgIpc) is 3.71. The van der Waals surface area contributed by atoms with Gasteiger partial charge in [0, 0.05) is 37.7 Å². The van der Waals surface area contributed by atoms with Crippen LogP contribution in [0.1, 0.15) is 17.7 Å². The first-order chi connectivity index (χ1) is 28.2. The molecule has 4 heteroatoms. The Kier molecular flexibility index (Phi) is 8.08. The zero-order valence-corrected chi connectivity index (χ0v) is 31.8. The highest BCUT2D eigenvalue weighted by Gasteiger charge is 2.19. The summed E-state index contributed by atoms with van der Waals surface area (Å²) in [5, 5.41) is 3.67. The molecule has 0 atom stereocenters. The molecule has 0 saturated heterocycles. The maximum Gasteiger partial charge on any atom is 0.160 e. The number of hydrogen-bond donors (Lipinski definition) is 0. The van der Waals surface area contributed by atoms with Crippen LogP contribution in [0.2, 0.25) is 0 Å². The van der Waals surface area contributed by atoms with Crippen molar-refractivity contribution in [2.45, 2.75) is 6.42 Å². The topological polar surface area (TPSA) is 30.7 Å². The molecule has 0 amide bonds. The third-order valence-electron chi connectivity index (χ3n) is 11.1. The van der Waals surface area contributed by atoms with Gasteiger partial charge in [-0.1, -0.05) is 152 Å². The lowest BCUT2D eigenvalue weighted by molar-refractivity contribution is 1.18. The van der Waals surface area contributed by atoms with E-state index in [-0.39, 0.29) is 0 Å². The van der Waals surface area contributed by atoms with Gasteiger partial charge in [-0.3, -0.25) is 0 Å². The van der Waals surface area contributed by atoms with Gasteiger partial charge >= 0.3 is 0 Å². The minimum atomic E-state index is 0.733. The monoisotopic (exact) mass is 745 g/mol. The average molecular weight is 746 g/mol. The number of hydrogen-bond acceptors (Lipinski definition) is 3. The molecule has 0 radical (unpaired) electrons. The zero-order valence-electron chi connectivity index (χ0n) is 31.0. The Bertz CT molecular complexity index is 3200. The summed E-state index contributed by atoms with van der Waals surface area (Å²) >= 11 is 1.77. The standard InChI is InChI=1S/C53H35N3S/c1-3-15-35(16-4-1)37-19-7-8-20-42(32-37)50-52-51(55-53(54-50)36-17-5-2-6-18-36)46-34-41(29-30-49(46)57-52)39-22-13-21-38(31-39)40-23-14-24-43(33-40)56-47-27-11-9-25-44(47)45-26-10-12-28-48(45)56/h1-18,20-34H,19H2. The van der Waals surface area contributed by atoms with Crippen molar-refractivity contribution in [1.82, 2.24) is 14.5 Å². The zero-order chi connectivity index (χ0) is 37.7. The van der Waals surface area contributed by atoms with Gasteiger partial charge in [-0.05, 0) is 88.4 Å². The lowest BCUT2D eigenvalue weighted by Gasteiger charge is -2.11. The van der Waals surface area contributed by atoms with Crippen LogP contribution >= 0.6 is 11.3 Å². The number of aromatic nitrogens is 3. The molecule has 268 valence electrons. The number of para-hydroxylation sites is 2. The van der Waals surface area contributed by atoms with E-state index in [4.69, 9.17) is 9.97 Å². The molecule has 0 spiro atoms. The van der Waals surface area contributed by atoms with E-state index in [9.17, 15) is 0 Å². The van der Waals surface area contributed by atoms with Gasteiger partial charge < -0.3 is 4.57 Å². The second-order valence-corrected chi connectivity index (χ2v) is 15.6. The summed E-state index contributed by atoms with van der Waals surface area (Å²) in [6.07, 6.45) is 9.76. The minimum absolute atomic E-state index is 0.733. The Labute approximate surface area is 334 Å². The van der Waals surface area contributed by atoms with Crippen LogP contribution in [0.5, 0.6) is 0 Å². The van der Waals surface area contributed by atoms with E-state index in [0.717, 1.165) is 55.9 Å². The van der Waals surface area contributed by atoms with E-state index < -0.39 is 0 Å². The highest BCUT2D eigenvalue weighted by atomic mass is 32.1. The predicted molar refractivity (Wildman–Crippen MR) is 242 cm³/mol. The Balaban J connectivity index is 1.03. The van der Waals surface area contributed by atoms with Crippen molar-refractivity contribution in [3.05, 3.63) is 211 Å². The Morgan fingerprint density at radius 3 is 1.84 bits per heavy atom. The molecule has 3 heterocycles. The molecule has 3 nitrogen and oxygen atoms in total. The van der Waals surface area contributed by atoms with E-state index in [1.54, 1.807) is 11.3 Å². The van der Waals surface area contributed by atoms with Gasteiger partial charge in [0.05, 0.1) is 26.9 Å². The lowest BCUT2D eigenvalue weighted by Crippen LogP contribution is -1.96. The van der Waals surface area contributed by atoms with Gasteiger partial charge in [-0.15, -0.1) is 11.3 Å². The minimum Gasteiger partial charge on any atom is -0.309 e. The maximum absolute atomic E-state index is 5.30. The number of nitrogens with zero attached hydrogens (tertiary/aromatic N) is 3. The van der Waals surface area contributed by atoms with Crippen LogP contribution in [0.3, 0.4) is 0 Å². The summed E-state index contributed by atoms with van der Waals surface area (Å²) < 4.78 is 4.68. The first kappa shape index (κ1) is 33.2. The highest BCUT2D eigenvalue weighted by molar-refractivity contribution is 7.26. The second kappa shape index (κ2) is 13.9. The molecule has 1 aliphatic rings. The molecule has 3 aromatic heterocycles. The van der Waals surface area contributed by atoms with E-state index >= 15 is 0 Å². The largest absolute Gasteiger partial charge is 0.309 e. The van der Waals surface area contributed by atoms with Gasteiger partial charge in [0.25, 0.3) is 0 Å². The summed E-state index contributed by atoms with van der Waals surface area (Å²) in [6, 6.07) is 63.0. The van der Waals surface area contributed by atoms with Crippen molar-refractivity contribution in [2.24, 2.45) is 0 Å². The predicted octanol–water partition coefficient (Wildman–Crippen LogP) is 14.4. The third kappa shape index (κ3) is 5.90. The molecule has 0 N–H and O–H groups in total. The van der Waals surface area contributed by atoms with Crippen LogP contribution in [0.25, 0.3) is 92.6 Å². The molecule has 57 heavy (non-hydrogen) atoms. The summed E-state index contributed by atoms with van der Waals surface area (Å²) in [5.74, 6) is 0.733. The normalized spacial score (nSPS) is 13.0. The van der Waals surface area contributed by atoms with Gasteiger partial charge in [0.2, 0.25) is 0 Å². The van der Waals surface area contributed by atoms with Crippen molar-refractivity contribution in [3.63, 3.8) is 0 Å². The molecule has 0 saturated carbocycles. The fraction of sp³-hybridized carbons (Fsp3) is 0.0189. The van der Waals surface area contributed by atoms with Gasteiger partial charge in [0.1, 0.15) is 0 Å². The smallest absolute Gasteiger partial charge is 0.160 e. The van der Waals surface area contributed by atoms with Crippen LogP contribution < -0.4 is 0 Å². The summed E-state index contributed by atoms with van der Waals surface area (Å²) in [4.78, 5) is 10.6. The van der Waals surface area contributed by atoms with Gasteiger partial charge in [-0.25, -0.2) is 9.97 Å². The van der Waals surface area contributed by atoms with E-state index in [2.05, 4.69) is 199 Å². The maximum atomic E-state index is 5.30. The number of fused-ring (bicyclic) bond motifs is 6. The second-order valence-electron chi connectivity index (χ2n) is 14.5. The Morgan fingerprint density at radius 1 is 0.491 bits per heavy atom. The van der Waals surface area contributed by atoms with Crippen molar-refractivity contribution in [2.75, 3.05) is 0 Å². The van der Waals surface area contributed by atoms with Crippen LogP contribution in [0.4, 0.5) is 0 Å². The Morgan fingerprint density at radius 2 is 1.11 bits per heavy atom. The molecule has 0 aliphatic heterocycles. The molecule has 0 fully saturated rings. The van der Waals surface area contributed by atoms with Crippen molar-refractivity contribution in [1.29, 1.82) is 0 Å². The lowest BCUT2D eigenvalue weighted by atomic mass is 9.97. The van der Waals surface area contributed by atoms with E-state index in [1.807, 2.05) is 6.07 Å². The highest BCUT2D eigenvalue weighted by Crippen LogP contribution is 2.42. The first-order valence-electron chi connectivity index (χ1n) is 19.4. The van der Waals surface area contributed by atoms with Gasteiger partial charge in [-0.2, -0.15) is 0 Å². The fourth-order valence-electron chi connectivity index (χ4n) is 8.30. The van der Waals surface area contributed by atoms with Crippen LogP contribution in [-0.4, -0.2) is 14.5 Å². The molecule has 11 rings (SSSR count). The SMILES string of the molecule is C1=CCC(c2ccccc2)=CC(c2nc(-c3ccccc3)nc3c2sc2ccc(-c4cccc(-c5cccc(-n6c7ccccc7c7ccccc76)c5)c4)cc23)=C1. The van der Waals surface area contributed by atoms with Crippen molar-refractivity contribution >= 4 is 64.6 Å². The molecular formula is C53H35N3S. The van der Waals surface area contributed by atoms with Crippen molar-refractivity contribution in [3.8, 4) is 39.3 Å². The molecule has 10 aromatic rings. The molecule has 1 aliphatic carbocycles. The number of rotatable bonds is 6. The summed E-state index contributed by atoms with van der Waals surface area (Å²) in [5.41, 5.74) is 14.8. The first-order valence-corrected chi connectivity index (χ1v) is 20.2. The van der Waals surface area contributed by atoms with E-state index in [1.165, 1.54) is 54.3 Å². The van der Waals surface area contributed by atoms with Crippen LogP contribution in [0, 0.1) is 0 Å². The number of benzene rings is 7. The molecular weight excluding hydrogens is 711 g/mol. The van der Waals surface area contributed by atoms with Crippen molar-refractivity contribution < 1.29 is 0 Å². The van der Waals surface area contributed by atoms with Crippen LogP contribution in [0.15, 0.2) is 200 Å². The third-order valence-corrected chi connectivity index (χ3v) is 12.2. The van der Waals surface area contributed by atoms with Crippen LogP contribution in [-0.2, 0) is 0 Å². The summed E-state index contributed by atoms with van der Waals surface area (Å²) in [6.45, 7) is 0. The fourth-order valence-corrected chi connectivity index (χ4v) is 9.43. The molecule has 0 unspecified atom stereocenters.